The molecule has 18 heavy (non-hydrogen) atoms. The van der Waals surface area contributed by atoms with E-state index in [9.17, 15) is 16.8 Å². The lowest BCUT2D eigenvalue weighted by atomic mass is 10.0. The van der Waals surface area contributed by atoms with Crippen LogP contribution in [0.4, 0.5) is 5.69 Å². The molecule has 9 heteroatoms. The Morgan fingerprint density at radius 1 is 1.50 bits per heavy atom. The Bertz CT molecular complexity index is 662. The molecule has 0 bridgehead atoms. The molecule has 102 valence electrons. The van der Waals surface area contributed by atoms with E-state index in [1.54, 1.807) is 6.92 Å². The van der Waals surface area contributed by atoms with Crippen LogP contribution in [0.1, 0.15) is 13.3 Å². The SMILES string of the molecule is CC1(NS(=O)(=O)c2cc(N)cs2)CCS(=O)(=O)C1. The topological polar surface area (TPSA) is 106 Å². The van der Waals surface area contributed by atoms with Crippen LogP contribution >= 0.6 is 11.3 Å². The van der Waals surface area contributed by atoms with Gasteiger partial charge in [0.05, 0.1) is 11.5 Å². The zero-order chi connectivity index (χ0) is 13.6. The van der Waals surface area contributed by atoms with E-state index in [-0.39, 0.29) is 22.1 Å². The monoisotopic (exact) mass is 310 g/mol. The second-order valence-corrected chi connectivity index (χ2v) is 9.71. The smallest absolute Gasteiger partial charge is 0.250 e. The fourth-order valence-electron chi connectivity index (χ4n) is 1.94. The zero-order valence-corrected chi connectivity index (χ0v) is 12.2. The number of anilines is 1. The molecule has 6 nitrogen and oxygen atoms in total. The Kier molecular flexibility index (Phi) is 3.21. The number of sulfone groups is 1. The standard InChI is InChI=1S/C9H14N2O4S3/c1-9(2-3-17(12,13)6-9)11-18(14,15)8-4-7(10)5-16-8/h4-5,11H,2-3,6,10H2,1H3. The third-order valence-corrected chi connectivity index (χ3v) is 7.74. The first-order chi connectivity index (χ1) is 8.12. The van der Waals surface area contributed by atoms with Crippen molar-refractivity contribution >= 4 is 36.9 Å². The van der Waals surface area contributed by atoms with Crippen LogP contribution < -0.4 is 10.5 Å². The van der Waals surface area contributed by atoms with Gasteiger partial charge in [-0.3, -0.25) is 0 Å². The lowest BCUT2D eigenvalue weighted by molar-refractivity contribution is 0.462. The summed E-state index contributed by atoms with van der Waals surface area (Å²) >= 11 is 1.01. The van der Waals surface area contributed by atoms with E-state index >= 15 is 0 Å². The highest BCUT2D eigenvalue weighted by Gasteiger charge is 2.41. The maximum atomic E-state index is 12.1. The molecule has 3 N–H and O–H groups in total. The van der Waals surface area contributed by atoms with E-state index in [4.69, 9.17) is 5.73 Å². The summed E-state index contributed by atoms with van der Waals surface area (Å²) in [7, 11) is -6.86. The van der Waals surface area contributed by atoms with Gasteiger partial charge < -0.3 is 5.73 Å². The minimum atomic E-state index is -3.71. The highest BCUT2D eigenvalue weighted by molar-refractivity contribution is 7.92. The van der Waals surface area contributed by atoms with Crippen LogP contribution in [-0.2, 0) is 19.9 Å². The highest BCUT2D eigenvalue weighted by Crippen LogP contribution is 2.27. The van der Waals surface area contributed by atoms with Crippen LogP contribution in [-0.4, -0.2) is 33.9 Å². The molecule has 1 unspecified atom stereocenters. The van der Waals surface area contributed by atoms with Gasteiger partial charge in [-0.05, 0) is 19.4 Å². The molecule has 0 aliphatic carbocycles. The van der Waals surface area contributed by atoms with Crippen molar-refractivity contribution in [2.24, 2.45) is 0 Å². The maximum Gasteiger partial charge on any atom is 0.250 e. The molecule has 1 saturated heterocycles. The molecule has 0 aromatic carbocycles. The summed E-state index contributed by atoms with van der Waals surface area (Å²) in [5.74, 6) is -0.154. The number of nitrogen functional groups attached to an aromatic ring is 1. The van der Waals surface area contributed by atoms with Crippen LogP contribution in [0.5, 0.6) is 0 Å². The van der Waals surface area contributed by atoms with Gasteiger partial charge in [-0.1, -0.05) is 0 Å². The second kappa shape index (κ2) is 4.19. The Morgan fingerprint density at radius 3 is 2.61 bits per heavy atom. The number of nitrogens with one attached hydrogen (secondary N) is 1. The molecular weight excluding hydrogens is 296 g/mol. The molecule has 0 spiro atoms. The average molecular weight is 310 g/mol. The number of hydrogen-bond donors (Lipinski definition) is 2. The molecule has 2 rings (SSSR count). The van der Waals surface area contributed by atoms with Crippen molar-refractivity contribution in [2.75, 3.05) is 17.2 Å². The van der Waals surface area contributed by atoms with Gasteiger partial charge in [0.1, 0.15) is 4.21 Å². The number of rotatable bonds is 3. The summed E-state index contributed by atoms with van der Waals surface area (Å²) in [6.45, 7) is 1.60. The summed E-state index contributed by atoms with van der Waals surface area (Å²) in [5, 5.41) is 1.53. The third-order valence-electron chi connectivity index (χ3n) is 2.74. The normalized spacial score (nSPS) is 27.4. The lowest BCUT2D eigenvalue weighted by Gasteiger charge is -2.22. The van der Waals surface area contributed by atoms with Crippen LogP contribution in [0, 0.1) is 0 Å². The Hall–Kier alpha value is -0.640. The van der Waals surface area contributed by atoms with Gasteiger partial charge in [-0.25, -0.2) is 21.6 Å². The quantitative estimate of drug-likeness (QED) is 0.828. The molecule has 1 aliphatic heterocycles. The predicted molar refractivity (Wildman–Crippen MR) is 70.7 cm³/mol. The zero-order valence-electron chi connectivity index (χ0n) is 9.71. The Balaban J connectivity index is 2.24. The molecule has 1 aliphatic rings. The first kappa shape index (κ1) is 13.8. The summed E-state index contributed by atoms with van der Waals surface area (Å²) in [5.41, 5.74) is 4.93. The van der Waals surface area contributed by atoms with Gasteiger partial charge in [-0.15, -0.1) is 11.3 Å². The highest BCUT2D eigenvalue weighted by atomic mass is 32.2. The minimum Gasteiger partial charge on any atom is -0.398 e. The summed E-state index contributed by atoms with van der Waals surface area (Å²) < 4.78 is 49.5. The second-order valence-electron chi connectivity index (χ2n) is 4.71. The summed E-state index contributed by atoms with van der Waals surface area (Å²) in [4.78, 5) is 0. The molecule has 0 saturated carbocycles. The van der Waals surface area contributed by atoms with Crippen molar-refractivity contribution < 1.29 is 16.8 Å². The van der Waals surface area contributed by atoms with Crippen LogP contribution in [0.25, 0.3) is 0 Å². The first-order valence-corrected chi connectivity index (χ1v) is 9.39. The van der Waals surface area contributed by atoms with Crippen LogP contribution in [0.2, 0.25) is 0 Å². The Labute approximate surface area is 110 Å². The minimum absolute atomic E-state index is 0.0125. The van der Waals surface area contributed by atoms with Gasteiger partial charge >= 0.3 is 0 Å². The van der Waals surface area contributed by atoms with Gasteiger partial charge in [0.15, 0.2) is 9.84 Å². The number of nitrogens with two attached hydrogens (primary N) is 1. The van der Waals surface area contributed by atoms with Crippen LogP contribution in [0.15, 0.2) is 15.7 Å². The van der Waals surface area contributed by atoms with Crippen molar-refractivity contribution in [3.05, 3.63) is 11.4 Å². The summed E-state index contributed by atoms with van der Waals surface area (Å²) in [6, 6.07) is 1.36. The molecule has 0 amide bonds. The average Bonchev–Trinajstić information content (AvgIpc) is 2.70. The van der Waals surface area contributed by atoms with E-state index in [2.05, 4.69) is 4.72 Å². The number of thiophene rings is 1. The van der Waals surface area contributed by atoms with Crippen LogP contribution in [0.3, 0.4) is 0 Å². The predicted octanol–water partition coefficient (Wildman–Crippen LogP) is 0.186. The van der Waals surface area contributed by atoms with E-state index in [1.807, 2.05) is 0 Å². The Morgan fingerprint density at radius 2 is 2.17 bits per heavy atom. The molecule has 1 fully saturated rings. The van der Waals surface area contributed by atoms with Gasteiger partial charge in [0, 0.05) is 16.6 Å². The van der Waals surface area contributed by atoms with Crippen molar-refractivity contribution in [3.8, 4) is 0 Å². The fourth-order valence-corrected chi connectivity index (χ4v) is 6.64. The van der Waals surface area contributed by atoms with E-state index in [0.29, 0.717) is 5.69 Å². The van der Waals surface area contributed by atoms with Crippen molar-refractivity contribution in [1.82, 2.24) is 4.72 Å². The van der Waals surface area contributed by atoms with Crippen molar-refractivity contribution in [2.45, 2.75) is 23.1 Å². The van der Waals surface area contributed by atoms with E-state index < -0.39 is 25.4 Å². The molecule has 0 radical (unpaired) electrons. The van der Waals surface area contributed by atoms with Gasteiger partial charge in [0.2, 0.25) is 0 Å². The largest absolute Gasteiger partial charge is 0.398 e. The first-order valence-electron chi connectivity index (χ1n) is 5.20. The van der Waals surface area contributed by atoms with Gasteiger partial charge in [0.25, 0.3) is 10.0 Å². The molecule has 1 atom stereocenters. The molecule has 2 heterocycles. The van der Waals surface area contributed by atoms with Crippen molar-refractivity contribution in [1.29, 1.82) is 0 Å². The molecule has 1 aromatic rings. The maximum absolute atomic E-state index is 12.1. The number of sulfonamides is 1. The number of hydrogen-bond acceptors (Lipinski definition) is 6. The third kappa shape index (κ3) is 2.85. The molecular formula is C9H14N2O4S3. The summed E-state index contributed by atoms with van der Waals surface area (Å²) in [6.07, 6.45) is 0.287. The van der Waals surface area contributed by atoms with E-state index in [1.165, 1.54) is 11.4 Å². The lowest BCUT2D eigenvalue weighted by Crippen LogP contribution is -2.46. The van der Waals surface area contributed by atoms with Gasteiger partial charge in [-0.2, -0.15) is 0 Å². The van der Waals surface area contributed by atoms with E-state index in [0.717, 1.165) is 11.3 Å². The molecule has 1 aromatic heterocycles. The van der Waals surface area contributed by atoms with Crippen molar-refractivity contribution in [3.63, 3.8) is 0 Å². The fraction of sp³-hybridized carbons (Fsp3) is 0.556.